The molecule has 0 fully saturated rings. The summed E-state index contributed by atoms with van der Waals surface area (Å²) >= 11 is 5.91. The zero-order valence-corrected chi connectivity index (χ0v) is 10.0. The van der Waals surface area contributed by atoms with E-state index in [1.165, 1.54) is 18.5 Å². The number of nitrogens with two attached hydrogens (primary N) is 1. The molecule has 2 aromatic rings. The summed E-state index contributed by atoms with van der Waals surface area (Å²) < 4.78 is 39.8. The van der Waals surface area contributed by atoms with E-state index in [4.69, 9.17) is 17.3 Å². The number of rotatable bonds is 2. The van der Waals surface area contributed by atoms with Gasteiger partial charge >= 0.3 is 6.36 Å². The van der Waals surface area contributed by atoms with Crippen LogP contribution in [-0.4, -0.2) is 16.3 Å². The van der Waals surface area contributed by atoms with Crippen molar-refractivity contribution < 1.29 is 17.9 Å². The fourth-order valence-electron chi connectivity index (χ4n) is 1.40. The van der Waals surface area contributed by atoms with Crippen LogP contribution in [0.4, 0.5) is 19.0 Å². The largest absolute Gasteiger partial charge is 0.573 e. The molecule has 0 aliphatic carbocycles. The van der Waals surface area contributed by atoms with Crippen LogP contribution in [0.25, 0.3) is 11.3 Å². The first-order chi connectivity index (χ1) is 8.87. The van der Waals surface area contributed by atoms with Crippen molar-refractivity contribution in [3.63, 3.8) is 0 Å². The van der Waals surface area contributed by atoms with Crippen molar-refractivity contribution in [1.29, 1.82) is 0 Å². The van der Waals surface area contributed by atoms with E-state index in [0.717, 1.165) is 12.1 Å². The monoisotopic (exact) mass is 289 g/mol. The van der Waals surface area contributed by atoms with Crippen molar-refractivity contribution in [2.24, 2.45) is 0 Å². The molecular weight excluding hydrogens is 283 g/mol. The summed E-state index contributed by atoms with van der Waals surface area (Å²) in [5, 5.41) is 0.145. The number of aromatic nitrogens is 2. The highest BCUT2D eigenvalue weighted by atomic mass is 35.5. The zero-order valence-electron chi connectivity index (χ0n) is 9.28. The molecule has 0 saturated carbocycles. The van der Waals surface area contributed by atoms with Crippen molar-refractivity contribution in [2.45, 2.75) is 6.36 Å². The Morgan fingerprint density at radius 3 is 2.32 bits per heavy atom. The minimum atomic E-state index is -4.72. The van der Waals surface area contributed by atoms with E-state index in [9.17, 15) is 13.2 Å². The van der Waals surface area contributed by atoms with E-state index in [-0.39, 0.29) is 16.6 Å². The summed E-state index contributed by atoms with van der Waals surface area (Å²) in [6.45, 7) is 0. The standard InChI is InChI=1S/C11H7ClF3N3O/c12-8-9(17-5-18-10(8)16)6-1-3-7(4-2-6)19-11(13,14)15/h1-5H,(H2,16,17,18). The van der Waals surface area contributed by atoms with E-state index in [1.807, 2.05) is 0 Å². The lowest BCUT2D eigenvalue weighted by atomic mass is 10.1. The number of halogens is 4. The van der Waals surface area contributed by atoms with Gasteiger partial charge in [-0.3, -0.25) is 0 Å². The molecule has 0 spiro atoms. The first kappa shape index (κ1) is 13.4. The Kier molecular flexibility index (Phi) is 3.48. The predicted molar refractivity (Wildman–Crippen MR) is 63.6 cm³/mol. The van der Waals surface area contributed by atoms with Crippen LogP contribution in [0.2, 0.25) is 5.02 Å². The third kappa shape index (κ3) is 3.25. The van der Waals surface area contributed by atoms with Gasteiger partial charge in [-0.25, -0.2) is 9.97 Å². The second kappa shape index (κ2) is 4.93. The Bertz CT molecular complexity index is 587. The molecule has 0 aliphatic rings. The summed E-state index contributed by atoms with van der Waals surface area (Å²) in [4.78, 5) is 7.62. The fourth-order valence-corrected chi connectivity index (χ4v) is 1.61. The van der Waals surface area contributed by atoms with Gasteiger partial charge in [0.05, 0.1) is 5.69 Å². The molecule has 0 unspecified atom stereocenters. The molecule has 1 aromatic heterocycles. The van der Waals surface area contributed by atoms with Gasteiger partial charge < -0.3 is 10.5 Å². The highest BCUT2D eigenvalue weighted by molar-refractivity contribution is 6.35. The lowest BCUT2D eigenvalue weighted by Crippen LogP contribution is -2.16. The Morgan fingerprint density at radius 2 is 1.74 bits per heavy atom. The Hall–Kier alpha value is -2.02. The van der Waals surface area contributed by atoms with Crippen molar-refractivity contribution in [3.05, 3.63) is 35.6 Å². The SMILES string of the molecule is Nc1ncnc(-c2ccc(OC(F)(F)F)cc2)c1Cl. The zero-order chi connectivity index (χ0) is 14.0. The molecule has 0 bridgehead atoms. The van der Waals surface area contributed by atoms with Gasteiger partial charge in [0.1, 0.15) is 22.9 Å². The van der Waals surface area contributed by atoms with Crippen LogP contribution < -0.4 is 10.5 Å². The topological polar surface area (TPSA) is 61.0 Å². The molecule has 1 aromatic carbocycles. The van der Waals surface area contributed by atoms with Gasteiger partial charge in [-0.15, -0.1) is 13.2 Å². The van der Waals surface area contributed by atoms with E-state index in [1.54, 1.807) is 0 Å². The molecule has 1 heterocycles. The van der Waals surface area contributed by atoms with Crippen LogP contribution in [0.1, 0.15) is 0 Å². The molecule has 0 saturated heterocycles. The van der Waals surface area contributed by atoms with Crippen LogP contribution in [-0.2, 0) is 0 Å². The normalized spacial score (nSPS) is 11.4. The molecule has 0 amide bonds. The number of hydrogen-bond donors (Lipinski definition) is 1. The number of nitrogen functional groups attached to an aromatic ring is 1. The molecule has 2 N–H and O–H groups in total. The molecule has 4 nitrogen and oxygen atoms in total. The maximum Gasteiger partial charge on any atom is 0.573 e. The number of benzene rings is 1. The predicted octanol–water partition coefficient (Wildman–Crippen LogP) is 3.28. The van der Waals surface area contributed by atoms with Crippen LogP contribution in [0.5, 0.6) is 5.75 Å². The quantitative estimate of drug-likeness (QED) is 0.921. The van der Waals surface area contributed by atoms with E-state index in [0.29, 0.717) is 11.3 Å². The second-order valence-electron chi connectivity index (χ2n) is 3.49. The molecule has 0 radical (unpaired) electrons. The van der Waals surface area contributed by atoms with Gasteiger partial charge in [-0.1, -0.05) is 11.6 Å². The molecular formula is C11H7ClF3N3O. The fraction of sp³-hybridized carbons (Fsp3) is 0.0909. The van der Waals surface area contributed by atoms with Gasteiger partial charge in [0.25, 0.3) is 0 Å². The van der Waals surface area contributed by atoms with Gasteiger partial charge in [0.15, 0.2) is 0 Å². The van der Waals surface area contributed by atoms with Gasteiger partial charge in [-0.2, -0.15) is 0 Å². The third-order valence-corrected chi connectivity index (χ3v) is 2.55. The van der Waals surface area contributed by atoms with Gasteiger partial charge in [0, 0.05) is 5.56 Å². The van der Waals surface area contributed by atoms with Gasteiger partial charge in [0.2, 0.25) is 0 Å². The van der Waals surface area contributed by atoms with Crippen molar-refractivity contribution in [2.75, 3.05) is 5.73 Å². The number of alkyl halides is 3. The first-order valence-electron chi connectivity index (χ1n) is 4.99. The number of nitrogens with zero attached hydrogens (tertiary/aromatic N) is 2. The third-order valence-electron chi connectivity index (χ3n) is 2.18. The molecule has 0 aliphatic heterocycles. The Balaban J connectivity index is 2.30. The molecule has 0 atom stereocenters. The highest BCUT2D eigenvalue weighted by Crippen LogP contribution is 2.30. The lowest BCUT2D eigenvalue weighted by Gasteiger charge is -2.09. The second-order valence-corrected chi connectivity index (χ2v) is 3.87. The van der Waals surface area contributed by atoms with Crippen molar-refractivity contribution >= 4 is 17.4 Å². The summed E-state index contributed by atoms with van der Waals surface area (Å²) in [7, 11) is 0. The van der Waals surface area contributed by atoms with Crippen LogP contribution >= 0.6 is 11.6 Å². The number of ether oxygens (including phenoxy) is 1. The summed E-state index contributed by atoms with van der Waals surface area (Å²) in [6.07, 6.45) is -3.50. The molecule has 100 valence electrons. The molecule has 2 rings (SSSR count). The van der Waals surface area contributed by atoms with E-state index < -0.39 is 6.36 Å². The maximum atomic E-state index is 12.0. The van der Waals surface area contributed by atoms with Crippen molar-refractivity contribution in [3.8, 4) is 17.0 Å². The number of anilines is 1. The average molecular weight is 290 g/mol. The summed E-state index contributed by atoms with van der Waals surface area (Å²) in [5.74, 6) is -0.225. The smallest absolute Gasteiger partial charge is 0.406 e. The lowest BCUT2D eigenvalue weighted by molar-refractivity contribution is -0.274. The minimum absolute atomic E-state index is 0.0993. The molecule has 8 heteroatoms. The number of hydrogen-bond acceptors (Lipinski definition) is 4. The van der Waals surface area contributed by atoms with Crippen molar-refractivity contribution in [1.82, 2.24) is 9.97 Å². The Morgan fingerprint density at radius 1 is 1.11 bits per heavy atom. The van der Waals surface area contributed by atoms with Crippen LogP contribution in [0, 0.1) is 0 Å². The van der Waals surface area contributed by atoms with E-state index >= 15 is 0 Å². The van der Waals surface area contributed by atoms with Crippen LogP contribution in [0.3, 0.4) is 0 Å². The summed E-state index contributed by atoms with van der Waals surface area (Å²) in [5.41, 5.74) is 6.36. The minimum Gasteiger partial charge on any atom is -0.406 e. The average Bonchev–Trinajstić information content (AvgIpc) is 2.32. The first-order valence-corrected chi connectivity index (χ1v) is 5.37. The van der Waals surface area contributed by atoms with Crippen LogP contribution in [0.15, 0.2) is 30.6 Å². The maximum absolute atomic E-state index is 12.0. The Labute approximate surface area is 111 Å². The highest BCUT2D eigenvalue weighted by Gasteiger charge is 2.31. The van der Waals surface area contributed by atoms with E-state index in [2.05, 4.69) is 14.7 Å². The van der Waals surface area contributed by atoms with Gasteiger partial charge in [-0.05, 0) is 24.3 Å². The summed E-state index contributed by atoms with van der Waals surface area (Å²) in [6, 6.07) is 5.12. The molecule has 19 heavy (non-hydrogen) atoms.